The van der Waals surface area contributed by atoms with Crippen LogP contribution in [0.25, 0.3) is 0 Å². The fraction of sp³-hybridized carbons (Fsp3) is 0.939. The second kappa shape index (κ2) is 42.0. The SMILES string of the molecule is CCCCCCCCCCCCCCCCCCCCC(=O)OC[C@H](COC(=O)CCCCCCCCC(C)C)OC(=O)CCCCCCCCCC(C)C. The Morgan fingerprint density at radius 1 is 0.345 bits per heavy atom. The highest BCUT2D eigenvalue weighted by Gasteiger charge is 2.19. The first-order chi connectivity index (χ1) is 26.7. The van der Waals surface area contributed by atoms with Gasteiger partial charge in [0.1, 0.15) is 13.2 Å². The minimum absolute atomic E-state index is 0.0658. The highest BCUT2D eigenvalue weighted by molar-refractivity contribution is 5.71. The molecule has 0 aliphatic rings. The molecular weight excluding hydrogens is 685 g/mol. The number of ether oxygens (including phenoxy) is 3. The summed E-state index contributed by atoms with van der Waals surface area (Å²) in [5.74, 6) is 0.679. The highest BCUT2D eigenvalue weighted by Crippen LogP contribution is 2.17. The second-order valence-corrected chi connectivity index (χ2v) is 17.7. The summed E-state index contributed by atoms with van der Waals surface area (Å²) in [5.41, 5.74) is 0. The van der Waals surface area contributed by atoms with Crippen molar-refractivity contribution in [1.29, 1.82) is 0 Å². The summed E-state index contributed by atoms with van der Waals surface area (Å²) in [5, 5.41) is 0. The second-order valence-electron chi connectivity index (χ2n) is 17.7. The van der Waals surface area contributed by atoms with Crippen LogP contribution < -0.4 is 0 Å². The Morgan fingerprint density at radius 2 is 0.600 bits per heavy atom. The molecule has 0 aromatic carbocycles. The van der Waals surface area contributed by atoms with Gasteiger partial charge in [0, 0.05) is 19.3 Å². The van der Waals surface area contributed by atoms with Crippen molar-refractivity contribution in [3.63, 3.8) is 0 Å². The van der Waals surface area contributed by atoms with E-state index in [1.807, 2.05) is 0 Å². The molecule has 0 saturated heterocycles. The Labute approximate surface area is 342 Å². The number of esters is 3. The number of rotatable bonds is 43. The molecule has 0 spiro atoms. The van der Waals surface area contributed by atoms with Gasteiger partial charge in [0.2, 0.25) is 0 Å². The van der Waals surface area contributed by atoms with Crippen molar-refractivity contribution in [2.24, 2.45) is 11.8 Å². The topological polar surface area (TPSA) is 78.9 Å². The number of carbonyl (C=O) groups excluding carboxylic acids is 3. The van der Waals surface area contributed by atoms with Gasteiger partial charge >= 0.3 is 17.9 Å². The van der Waals surface area contributed by atoms with Crippen LogP contribution in [0.1, 0.15) is 266 Å². The van der Waals surface area contributed by atoms with E-state index in [0.717, 1.165) is 69.6 Å². The fourth-order valence-corrected chi connectivity index (χ4v) is 7.28. The van der Waals surface area contributed by atoms with Crippen LogP contribution >= 0.6 is 0 Å². The molecule has 0 aliphatic carbocycles. The van der Waals surface area contributed by atoms with Gasteiger partial charge in [0.15, 0.2) is 6.10 Å². The van der Waals surface area contributed by atoms with Gasteiger partial charge in [-0.2, -0.15) is 0 Å². The van der Waals surface area contributed by atoms with Crippen molar-refractivity contribution in [2.75, 3.05) is 13.2 Å². The van der Waals surface area contributed by atoms with E-state index in [1.54, 1.807) is 0 Å². The molecule has 0 unspecified atom stereocenters. The van der Waals surface area contributed by atoms with Crippen LogP contribution in [0.4, 0.5) is 0 Å². The number of carbonyl (C=O) groups is 3. The molecule has 0 aromatic rings. The van der Waals surface area contributed by atoms with Crippen molar-refractivity contribution >= 4 is 17.9 Å². The zero-order valence-corrected chi connectivity index (χ0v) is 37.6. The van der Waals surface area contributed by atoms with E-state index < -0.39 is 6.10 Å². The lowest BCUT2D eigenvalue weighted by Gasteiger charge is -2.18. The van der Waals surface area contributed by atoms with Gasteiger partial charge in [-0.3, -0.25) is 14.4 Å². The minimum atomic E-state index is -0.761. The monoisotopic (exact) mass is 779 g/mol. The van der Waals surface area contributed by atoms with Crippen molar-refractivity contribution < 1.29 is 28.6 Å². The normalized spacial score (nSPS) is 12.1. The number of hydrogen-bond donors (Lipinski definition) is 0. The third-order valence-electron chi connectivity index (χ3n) is 11.0. The van der Waals surface area contributed by atoms with E-state index in [9.17, 15) is 14.4 Å². The van der Waals surface area contributed by atoms with Gasteiger partial charge < -0.3 is 14.2 Å². The summed E-state index contributed by atoms with van der Waals surface area (Å²) in [6.45, 7) is 11.2. The maximum Gasteiger partial charge on any atom is 0.306 e. The lowest BCUT2D eigenvalue weighted by atomic mass is 10.0. The first kappa shape index (κ1) is 53.4. The van der Waals surface area contributed by atoms with Crippen molar-refractivity contribution in [2.45, 2.75) is 272 Å². The molecular formula is C49H94O6. The average Bonchev–Trinajstić information content (AvgIpc) is 3.15. The predicted molar refractivity (Wildman–Crippen MR) is 233 cm³/mol. The van der Waals surface area contributed by atoms with Gasteiger partial charge in [0.05, 0.1) is 0 Å². The zero-order chi connectivity index (χ0) is 40.5. The molecule has 0 radical (unpaired) electrons. The molecule has 0 rings (SSSR count). The summed E-state index contributed by atoms with van der Waals surface area (Å²) in [6.07, 6.45) is 41.2. The summed E-state index contributed by atoms with van der Waals surface area (Å²) in [6, 6.07) is 0. The van der Waals surface area contributed by atoms with Crippen LogP contribution in [-0.4, -0.2) is 37.2 Å². The standard InChI is InChI=1S/C49H94O6/c1-6-7-8-9-10-11-12-13-14-15-16-17-18-19-20-23-29-34-39-47(50)53-42-46(43-54-48(51)40-35-30-26-25-28-33-38-45(4)5)55-49(52)41-36-31-24-21-22-27-32-37-44(2)3/h44-46H,6-43H2,1-5H3/t46-/m1/s1. The summed E-state index contributed by atoms with van der Waals surface area (Å²) < 4.78 is 16.7. The van der Waals surface area contributed by atoms with Gasteiger partial charge in [-0.25, -0.2) is 0 Å². The molecule has 0 amide bonds. The summed E-state index contributed by atoms with van der Waals surface area (Å²) in [7, 11) is 0. The summed E-state index contributed by atoms with van der Waals surface area (Å²) in [4.78, 5) is 37.7. The predicted octanol–water partition coefficient (Wildman–Crippen LogP) is 15.4. The quantitative estimate of drug-likeness (QED) is 0.0348. The zero-order valence-electron chi connectivity index (χ0n) is 37.6. The third kappa shape index (κ3) is 43.4. The lowest BCUT2D eigenvalue weighted by Crippen LogP contribution is -2.30. The van der Waals surface area contributed by atoms with E-state index in [1.165, 1.54) is 154 Å². The van der Waals surface area contributed by atoms with E-state index in [-0.39, 0.29) is 31.1 Å². The maximum absolute atomic E-state index is 12.7. The number of unbranched alkanes of at least 4 members (excludes halogenated alkanes) is 28. The molecule has 0 bridgehead atoms. The van der Waals surface area contributed by atoms with Gasteiger partial charge in [-0.15, -0.1) is 0 Å². The molecule has 0 aliphatic heterocycles. The van der Waals surface area contributed by atoms with Crippen LogP contribution in [0.2, 0.25) is 0 Å². The third-order valence-corrected chi connectivity index (χ3v) is 11.0. The first-order valence-corrected chi connectivity index (χ1v) is 24.2. The van der Waals surface area contributed by atoms with Gasteiger partial charge in [-0.1, -0.05) is 227 Å². The molecule has 1 atom stereocenters. The molecule has 0 heterocycles. The van der Waals surface area contributed by atoms with Crippen molar-refractivity contribution in [3.05, 3.63) is 0 Å². The van der Waals surface area contributed by atoms with Crippen molar-refractivity contribution in [1.82, 2.24) is 0 Å². The van der Waals surface area contributed by atoms with E-state index >= 15 is 0 Å². The molecule has 0 fully saturated rings. The molecule has 0 N–H and O–H groups in total. The molecule has 0 aromatic heterocycles. The molecule has 6 nitrogen and oxygen atoms in total. The van der Waals surface area contributed by atoms with E-state index in [0.29, 0.717) is 19.3 Å². The van der Waals surface area contributed by atoms with Gasteiger partial charge in [-0.05, 0) is 31.1 Å². The maximum atomic E-state index is 12.7. The minimum Gasteiger partial charge on any atom is -0.462 e. The molecule has 55 heavy (non-hydrogen) atoms. The molecule has 6 heteroatoms. The Hall–Kier alpha value is -1.59. The highest BCUT2D eigenvalue weighted by atomic mass is 16.6. The van der Waals surface area contributed by atoms with Crippen LogP contribution in [0.3, 0.4) is 0 Å². The molecule has 326 valence electrons. The van der Waals surface area contributed by atoms with Gasteiger partial charge in [0.25, 0.3) is 0 Å². The number of hydrogen-bond acceptors (Lipinski definition) is 6. The Balaban J connectivity index is 4.22. The fourth-order valence-electron chi connectivity index (χ4n) is 7.28. The van der Waals surface area contributed by atoms with Crippen LogP contribution in [0.15, 0.2) is 0 Å². The smallest absolute Gasteiger partial charge is 0.306 e. The largest absolute Gasteiger partial charge is 0.462 e. The van der Waals surface area contributed by atoms with Crippen LogP contribution in [0.5, 0.6) is 0 Å². The summed E-state index contributed by atoms with van der Waals surface area (Å²) >= 11 is 0. The first-order valence-electron chi connectivity index (χ1n) is 24.2. The van der Waals surface area contributed by atoms with E-state index in [4.69, 9.17) is 14.2 Å². The average molecular weight is 779 g/mol. The Morgan fingerprint density at radius 3 is 0.891 bits per heavy atom. The van der Waals surface area contributed by atoms with E-state index in [2.05, 4.69) is 34.6 Å². The van der Waals surface area contributed by atoms with Crippen LogP contribution in [-0.2, 0) is 28.6 Å². The molecule has 0 saturated carbocycles. The Kier molecular flexibility index (Phi) is 40.8. The van der Waals surface area contributed by atoms with Crippen molar-refractivity contribution in [3.8, 4) is 0 Å². The lowest BCUT2D eigenvalue weighted by molar-refractivity contribution is -0.167. The van der Waals surface area contributed by atoms with Crippen LogP contribution in [0, 0.1) is 11.8 Å². The Bertz CT molecular complexity index is 839.